The van der Waals surface area contributed by atoms with Crippen molar-refractivity contribution < 1.29 is 32.2 Å². The van der Waals surface area contributed by atoms with Crippen LogP contribution in [0.2, 0.25) is 0 Å². The number of hydrogen-bond acceptors (Lipinski definition) is 6. The fourth-order valence-electron chi connectivity index (χ4n) is 3.57. The minimum atomic E-state index is -4.16. The van der Waals surface area contributed by atoms with Gasteiger partial charge in [0.2, 0.25) is 0 Å². The van der Waals surface area contributed by atoms with Gasteiger partial charge in [0.05, 0.1) is 19.6 Å². The molecule has 1 atom stereocenters. The van der Waals surface area contributed by atoms with E-state index < -0.39 is 16.4 Å². The molecule has 0 aromatic rings. The summed E-state index contributed by atoms with van der Waals surface area (Å²) >= 11 is 0. The van der Waals surface area contributed by atoms with Gasteiger partial charge in [-0.15, -0.1) is 0 Å². The zero-order chi connectivity index (χ0) is 26.1. The average molecular weight is 510 g/mol. The predicted octanol–water partition coefficient (Wildman–Crippen LogP) is 5.47. The number of aliphatic hydroxyl groups is 1. The van der Waals surface area contributed by atoms with Crippen molar-refractivity contribution in [3.8, 4) is 0 Å². The second kappa shape index (κ2) is 25.1. The second-order valence-electron chi connectivity index (χ2n) is 8.84. The smallest absolute Gasteiger partial charge is 0.397 e. The lowest BCUT2D eigenvalue weighted by Gasteiger charge is -2.20. The Bertz CT molecular complexity index is 582. The van der Waals surface area contributed by atoms with Crippen LogP contribution in [0.25, 0.3) is 0 Å². The van der Waals surface area contributed by atoms with E-state index in [2.05, 4.69) is 23.3 Å². The van der Waals surface area contributed by atoms with Crippen molar-refractivity contribution in [1.82, 2.24) is 4.90 Å². The van der Waals surface area contributed by atoms with E-state index in [0.717, 1.165) is 26.4 Å². The number of nitrogens with zero attached hydrogens (tertiary/aromatic N) is 1. The lowest BCUT2D eigenvalue weighted by molar-refractivity contribution is -0.142. The Hall–Kier alpha value is -1.00. The Kier molecular flexibility index (Phi) is 26.0. The summed E-state index contributed by atoms with van der Waals surface area (Å²) in [6.45, 7) is 3.41. The molecule has 0 aliphatic rings. The molecule has 0 radical (unpaired) electrons. The highest BCUT2D eigenvalue weighted by Gasteiger charge is 2.18. The number of likely N-dealkylation sites (N-methyl/N-ethyl adjacent to an activating group) is 1. The first kappa shape index (κ1) is 35.2. The fourth-order valence-corrected chi connectivity index (χ4v) is 3.57. The first-order chi connectivity index (χ1) is 16.2. The summed E-state index contributed by atoms with van der Waals surface area (Å²) in [5.41, 5.74) is 0. The molecular weight excluding hydrogens is 458 g/mol. The van der Waals surface area contributed by atoms with Crippen molar-refractivity contribution in [1.29, 1.82) is 0 Å². The zero-order valence-corrected chi connectivity index (χ0v) is 22.6. The summed E-state index contributed by atoms with van der Waals surface area (Å²) in [5, 5.41) is 18.2. The van der Waals surface area contributed by atoms with Gasteiger partial charge in [-0.05, 0) is 39.2 Å². The number of aliphatic hydroxyl groups excluding tert-OH is 1. The molecule has 1 unspecified atom stereocenters. The Morgan fingerprint density at radius 1 is 0.912 bits per heavy atom. The van der Waals surface area contributed by atoms with Gasteiger partial charge in [-0.3, -0.25) is 13.5 Å². The van der Waals surface area contributed by atoms with Crippen LogP contribution in [0.15, 0.2) is 12.2 Å². The first-order valence-corrected chi connectivity index (χ1v) is 14.2. The summed E-state index contributed by atoms with van der Waals surface area (Å²) < 4.78 is 29.7. The van der Waals surface area contributed by atoms with Crippen molar-refractivity contribution in [3.63, 3.8) is 0 Å². The van der Waals surface area contributed by atoms with E-state index in [1.54, 1.807) is 0 Å². The van der Waals surface area contributed by atoms with Gasteiger partial charge < -0.3 is 15.1 Å². The quantitative estimate of drug-likeness (QED) is 0.0996. The molecule has 9 heteroatoms. The maximum absolute atomic E-state index is 11.3. The average Bonchev–Trinajstić information content (AvgIpc) is 2.78. The Morgan fingerprint density at radius 2 is 1.35 bits per heavy atom. The summed E-state index contributed by atoms with van der Waals surface area (Å²) in [6.07, 6.45) is 23.3. The number of carboxylic acid groups (broad SMARTS) is 1. The highest BCUT2D eigenvalue weighted by molar-refractivity contribution is 7.80. The van der Waals surface area contributed by atoms with Crippen LogP contribution in [0.5, 0.6) is 0 Å². The normalized spacial score (nSPS) is 12.6. The molecule has 204 valence electrons. The van der Waals surface area contributed by atoms with E-state index in [0.29, 0.717) is 13.1 Å². The van der Waals surface area contributed by atoms with Gasteiger partial charge in [-0.2, -0.15) is 8.42 Å². The maximum atomic E-state index is 11.3. The number of carboxylic acids is 1. The molecule has 0 aliphatic heterocycles. The molecule has 34 heavy (non-hydrogen) atoms. The van der Waals surface area contributed by atoms with E-state index >= 15 is 0 Å². The lowest BCUT2D eigenvalue weighted by Crippen LogP contribution is -2.32. The molecule has 8 nitrogen and oxygen atoms in total. The van der Waals surface area contributed by atoms with E-state index in [1.165, 1.54) is 77.0 Å². The maximum Gasteiger partial charge on any atom is 0.397 e. The molecule has 0 aromatic heterocycles. The van der Waals surface area contributed by atoms with Gasteiger partial charge in [0.1, 0.15) is 0 Å². The first-order valence-electron chi connectivity index (χ1n) is 12.9. The molecule has 0 aliphatic carbocycles. The van der Waals surface area contributed by atoms with Crippen molar-refractivity contribution in [2.45, 2.75) is 103 Å². The summed E-state index contributed by atoms with van der Waals surface area (Å²) in [4.78, 5) is 13.2. The SMILES string of the molecule is CCCCCCCC/C=C\CCCCCCCCC(CN(C)CCO)C(=O)O.COS(=O)(=O)O. The third-order valence-corrected chi connectivity index (χ3v) is 6.06. The van der Waals surface area contributed by atoms with E-state index in [9.17, 15) is 18.3 Å². The Balaban J connectivity index is 0. The van der Waals surface area contributed by atoms with Gasteiger partial charge in [0.15, 0.2) is 0 Å². The summed E-state index contributed by atoms with van der Waals surface area (Å²) in [6, 6.07) is 0. The monoisotopic (exact) mass is 509 g/mol. The zero-order valence-electron chi connectivity index (χ0n) is 21.8. The highest BCUT2D eigenvalue weighted by Crippen LogP contribution is 2.14. The van der Waals surface area contributed by atoms with Gasteiger partial charge >= 0.3 is 16.4 Å². The summed E-state index contributed by atoms with van der Waals surface area (Å²) in [7, 11) is -1.42. The molecule has 0 fully saturated rings. The minimum absolute atomic E-state index is 0.0804. The second-order valence-corrected chi connectivity index (χ2v) is 10.0. The van der Waals surface area contributed by atoms with Crippen molar-refractivity contribution in [2.75, 3.05) is 33.9 Å². The van der Waals surface area contributed by atoms with Crippen molar-refractivity contribution in [3.05, 3.63) is 12.2 Å². The van der Waals surface area contributed by atoms with Gasteiger partial charge in [0, 0.05) is 13.1 Å². The number of rotatable bonds is 22. The Morgan fingerprint density at radius 3 is 1.76 bits per heavy atom. The fraction of sp³-hybridized carbons (Fsp3) is 0.880. The Labute approximate surface area is 208 Å². The number of aliphatic carboxylic acids is 1. The van der Waals surface area contributed by atoms with Gasteiger partial charge in [0.25, 0.3) is 0 Å². The topological polar surface area (TPSA) is 124 Å². The van der Waals surface area contributed by atoms with E-state index in [-0.39, 0.29) is 12.5 Å². The molecular formula is C25H51NO7S. The van der Waals surface area contributed by atoms with E-state index in [4.69, 9.17) is 9.66 Å². The molecule has 0 spiro atoms. The van der Waals surface area contributed by atoms with Crippen LogP contribution in [0.3, 0.4) is 0 Å². The van der Waals surface area contributed by atoms with Crippen LogP contribution in [0.4, 0.5) is 0 Å². The predicted molar refractivity (Wildman–Crippen MR) is 138 cm³/mol. The number of hydrogen-bond donors (Lipinski definition) is 3. The molecule has 0 bridgehead atoms. The third kappa shape index (κ3) is 29.0. The van der Waals surface area contributed by atoms with Crippen LogP contribution in [0.1, 0.15) is 103 Å². The molecule has 3 N–H and O–H groups in total. The molecule has 0 saturated heterocycles. The molecule has 0 saturated carbocycles. The van der Waals surface area contributed by atoms with Gasteiger partial charge in [-0.25, -0.2) is 0 Å². The van der Waals surface area contributed by atoms with Crippen LogP contribution < -0.4 is 0 Å². The third-order valence-electron chi connectivity index (χ3n) is 5.64. The standard InChI is InChI=1S/C24H47NO3.CH4O4S/c1-3-4-5-6-7-8-9-10-11-12-13-14-15-16-17-18-19-23(24(27)28)22-25(2)20-21-26;1-5-6(2,3)4/h10-11,23,26H,3-9,12-22H2,1-2H3,(H,27,28);1H3,(H,2,3,4)/b11-10-;. The van der Waals surface area contributed by atoms with Gasteiger partial charge in [-0.1, -0.05) is 83.3 Å². The molecule has 0 rings (SSSR count). The molecule has 0 amide bonds. The van der Waals surface area contributed by atoms with Crippen molar-refractivity contribution >= 4 is 16.4 Å². The molecule has 0 heterocycles. The number of allylic oxidation sites excluding steroid dienone is 2. The van der Waals surface area contributed by atoms with Crippen LogP contribution in [0, 0.1) is 5.92 Å². The number of carbonyl (C=O) groups is 1. The van der Waals surface area contributed by atoms with Crippen LogP contribution in [-0.2, 0) is 19.4 Å². The highest BCUT2D eigenvalue weighted by atomic mass is 32.3. The van der Waals surface area contributed by atoms with Crippen LogP contribution >= 0.6 is 0 Å². The lowest BCUT2D eigenvalue weighted by atomic mass is 9.99. The van der Waals surface area contributed by atoms with Crippen LogP contribution in [-0.4, -0.2) is 67.9 Å². The van der Waals surface area contributed by atoms with E-state index in [1.807, 2.05) is 11.9 Å². The number of unbranched alkanes of at least 4 members (excludes halogenated alkanes) is 12. The summed E-state index contributed by atoms with van der Waals surface area (Å²) in [5.74, 6) is -1.02. The minimum Gasteiger partial charge on any atom is -0.481 e. The largest absolute Gasteiger partial charge is 0.481 e. The molecule has 0 aromatic carbocycles. The van der Waals surface area contributed by atoms with Crippen molar-refractivity contribution in [2.24, 2.45) is 5.92 Å².